The van der Waals surface area contributed by atoms with Crippen molar-refractivity contribution in [1.82, 2.24) is 14.6 Å². The van der Waals surface area contributed by atoms with Crippen molar-refractivity contribution < 1.29 is 24.3 Å². The molecule has 4 N–H and O–H groups in total. The molecule has 4 aromatic rings. The summed E-state index contributed by atoms with van der Waals surface area (Å²) in [5.74, 6) is -0.330. The highest BCUT2D eigenvalue weighted by Crippen LogP contribution is 2.34. The number of methoxy groups -OCH3 is 1. The lowest BCUT2D eigenvalue weighted by Crippen LogP contribution is -2.42. The molecule has 3 aromatic heterocycles. The predicted octanol–water partition coefficient (Wildman–Crippen LogP) is 5.29. The van der Waals surface area contributed by atoms with Gasteiger partial charge in [-0.1, -0.05) is 16.8 Å². The summed E-state index contributed by atoms with van der Waals surface area (Å²) < 4.78 is 12.6. The number of carboxylic acids is 1. The molecule has 0 unspecified atom stereocenters. The summed E-state index contributed by atoms with van der Waals surface area (Å²) in [6.07, 6.45) is 2.36. The lowest BCUT2D eigenvalue weighted by Gasteiger charge is -2.32. The number of carbonyl (C=O) groups is 1. The van der Waals surface area contributed by atoms with Crippen LogP contribution in [-0.4, -0.2) is 63.1 Å². The normalized spacial score (nSPS) is 14.6. The lowest BCUT2D eigenvalue weighted by atomic mass is 10.1. The second kappa shape index (κ2) is 11.6. The average Bonchev–Trinajstić information content (AvgIpc) is 3.59. The first kappa shape index (κ1) is 27.0. The quantitative estimate of drug-likeness (QED) is 0.298. The number of fused-ring (bicyclic) bond motifs is 1. The van der Waals surface area contributed by atoms with Crippen LogP contribution in [0.25, 0.3) is 21.5 Å². The van der Waals surface area contributed by atoms with Crippen LogP contribution in [0.5, 0.6) is 11.5 Å². The van der Waals surface area contributed by atoms with Crippen LogP contribution in [0.3, 0.4) is 0 Å². The minimum Gasteiger partial charge on any atom is -0.504 e. The topological polar surface area (TPSA) is 127 Å². The highest BCUT2D eigenvalue weighted by Gasteiger charge is 2.19. The summed E-state index contributed by atoms with van der Waals surface area (Å²) in [5.41, 5.74) is 6.94. The number of hydrogen-bond donors (Lipinski definition) is 3. The van der Waals surface area contributed by atoms with Crippen LogP contribution in [0.15, 0.2) is 40.9 Å². The number of aromatic hydroxyl groups is 1. The molecule has 1 aliphatic heterocycles. The van der Waals surface area contributed by atoms with Crippen molar-refractivity contribution in [3.8, 4) is 22.1 Å². The molecule has 1 aromatic carbocycles. The molecule has 198 valence electrons. The molecular weight excluding hydrogens is 516 g/mol. The van der Waals surface area contributed by atoms with Gasteiger partial charge in [-0.3, -0.25) is 0 Å². The van der Waals surface area contributed by atoms with Crippen molar-refractivity contribution in [2.75, 3.05) is 20.2 Å². The molecule has 5 rings (SSSR count). The average molecular weight is 547 g/mol. The molecule has 0 aliphatic carbocycles. The van der Waals surface area contributed by atoms with Crippen molar-refractivity contribution in [3.63, 3.8) is 0 Å². The van der Waals surface area contributed by atoms with Gasteiger partial charge in [0.15, 0.2) is 17.3 Å². The third-order valence-corrected chi connectivity index (χ3v) is 7.67. The molecule has 0 bridgehead atoms. The number of nitrogens with two attached hydrogens (primary N) is 1. The van der Waals surface area contributed by atoms with Gasteiger partial charge in [0.05, 0.1) is 28.4 Å². The zero-order chi connectivity index (χ0) is 26.7. The number of carboxylic acid groups (broad SMARTS) is 1. The molecule has 1 fully saturated rings. The number of hydrogen-bond acceptors (Lipinski definition) is 8. The minimum atomic E-state index is -1.08. The van der Waals surface area contributed by atoms with Gasteiger partial charge in [0.2, 0.25) is 0 Å². The summed E-state index contributed by atoms with van der Waals surface area (Å²) in [5, 5.41) is 24.3. The van der Waals surface area contributed by atoms with Crippen LogP contribution in [0.2, 0.25) is 4.34 Å². The number of thiophene rings is 1. The van der Waals surface area contributed by atoms with Crippen LogP contribution in [0.4, 0.5) is 0 Å². The molecule has 0 spiro atoms. The molecule has 0 atom stereocenters. The molecule has 1 aliphatic rings. The van der Waals surface area contributed by atoms with Gasteiger partial charge in [-0.05, 0) is 64.0 Å². The number of halogens is 1. The van der Waals surface area contributed by atoms with Crippen LogP contribution < -0.4 is 10.5 Å². The van der Waals surface area contributed by atoms with E-state index in [0.717, 1.165) is 4.88 Å². The maximum Gasteiger partial charge on any atom is 0.352 e. The van der Waals surface area contributed by atoms with Crippen LogP contribution >= 0.6 is 22.9 Å². The van der Waals surface area contributed by atoms with Crippen LogP contribution in [0, 0.1) is 0 Å². The van der Waals surface area contributed by atoms with Crippen molar-refractivity contribution in [3.05, 3.63) is 52.1 Å². The van der Waals surface area contributed by atoms with E-state index in [1.807, 2.05) is 6.07 Å². The highest BCUT2D eigenvalue weighted by molar-refractivity contribution is 7.19. The zero-order valence-electron chi connectivity index (χ0n) is 21.0. The molecule has 0 saturated carbocycles. The van der Waals surface area contributed by atoms with Gasteiger partial charge in [-0.15, -0.1) is 11.3 Å². The van der Waals surface area contributed by atoms with Crippen molar-refractivity contribution in [2.45, 2.75) is 45.3 Å². The number of rotatable bonds is 6. The van der Waals surface area contributed by atoms with Gasteiger partial charge in [-0.25, -0.2) is 4.79 Å². The standard InChI is InChI=1S/C18H13ClN2O5S.C8H18N2/c1-25-14-5-9-4-12(18(23)24)21(11(9)7-13(14)22)8-10-6-15(26-20-10)16-2-3-17(19)27-16;1-7(2)10-5-3-8(9)4-6-10/h2-7,22H,8H2,1H3,(H,23,24);7-8H,3-6,9H2,1-2H3. The number of aromatic carboxylic acids is 1. The van der Waals surface area contributed by atoms with E-state index in [1.165, 1.54) is 56.5 Å². The first-order valence-electron chi connectivity index (χ1n) is 12.0. The predicted molar refractivity (Wildman–Crippen MR) is 145 cm³/mol. The van der Waals surface area contributed by atoms with E-state index in [2.05, 4.69) is 23.9 Å². The monoisotopic (exact) mass is 546 g/mol. The molecule has 11 heteroatoms. The number of piperidine rings is 1. The maximum absolute atomic E-state index is 11.7. The molecular formula is C26H31ClN4O5S. The Bertz CT molecular complexity index is 1370. The lowest BCUT2D eigenvalue weighted by molar-refractivity contribution is 0.0686. The van der Waals surface area contributed by atoms with Gasteiger partial charge < -0.3 is 34.7 Å². The van der Waals surface area contributed by atoms with E-state index in [0.29, 0.717) is 38.8 Å². The van der Waals surface area contributed by atoms with Gasteiger partial charge in [0, 0.05) is 29.6 Å². The van der Waals surface area contributed by atoms with E-state index < -0.39 is 5.97 Å². The Balaban J connectivity index is 0.000000270. The fourth-order valence-corrected chi connectivity index (χ4v) is 5.33. The van der Waals surface area contributed by atoms with Gasteiger partial charge in [0.25, 0.3) is 0 Å². The van der Waals surface area contributed by atoms with Gasteiger partial charge in [-0.2, -0.15) is 0 Å². The molecule has 37 heavy (non-hydrogen) atoms. The SMILES string of the molecule is CC(C)N1CCC(N)CC1.COc1cc2cc(C(=O)O)n(Cc3cc(-c4ccc(Cl)s4)on3)c2cc1O. The number of benzene rings is 1. The second-order valence-electron chi connectivity index (χ2n) is 9.26. The van der Waals surface area contributed by atoms with Gasteiger partial charge in [0.1, 0.15) is 11.4 Å². The fourth-order valence-electron chi connectivity index (χ4n) is 4.34. The number of ether oxygens (including phenoxy) is 1. The number of phenolic OH excluding ortho intramolecular Hbond substituents is 1. The fraction of sp³-hybridized carbons (Fsp3) is 0.385. The Labute approximate surface area is 224 Å². The number of likely N-dealkylation sites (tertiary alicyclic amines) is 1. The smallest absolute Gasteiger partial charge is 0.352 e. The summed E-state index contributed by atoms with van der Waals surface area (Å²) in [6, 6.07) is 11.1. The highest BCUT2D eigenvalue weighted by atomic mass is 35.5. The second-order valence-corrected chi connectivity index (χ2v) is 11.0. The van der Waals surface area contributed by atoms with Crippen molar-refractivity contribution in [1.29, 1.82) is 0 Å². The van der Waals surface area contributed by atoms with E-state index >= 15 is 0 Å². The Morgan fingerprint density at radius 3 is 2.59 bits per heavy atom. The molecule has 0 amide bonds. The van der Waals surface area contributed by atoms with E-state index in [1.54, 1.807) is 22.8 Å². The molecule has 9 nitrogen and oxygen atoms in total. The molecule has 0 radical (unpaired) electrons. The summed E-state index contributed by atoms with van der Waals surface area (Å²) in [7, 11) is 1.43. The largest absolute Gasteiger partial charge is 0.504 e. The minimum absolute atomic E-state index is 0.0707. The first-order chi connectivity index (χ1) is 17.7. The number of nitrogens with zero attached hydrogens (tertiary/aromatic N) is 3. The molecule has 4 heterocycles. The zero-order valence-corrected chi connectivity index (χ0v) is 22.6. The Hall–Kier alpha value is -3.05. The molecule has 1 saturated heterocycles. The van der Waals surface area contributed by atoms with E-state index in [9.17, 15) is 15.0 Å². The van der Waals surface area contributed by atoms with Crippen molar-refractivity contribution >= 4 is 39.8 Å². The third-order valence-electron chi connectivity index (χ3n) is 6.42. The summed E-state index contributed by atoms with van der Waals surface area (Å²) in [6.45, 7) is 7.05. The van der Waals surface area contributed by atoms with Crippen molar-refractivity contribution in [2.24, 2.45) is 5.73 Å². The van der Waals surface area contributed by atoms with Crippen LogP contribution in [0.1, 0.15) is 42.9 Å². The van der Waals surface area contributed by atoms with Crippen LogP contribution in [-0.2, 0) is 6.54 Å². The van der Waals surface area contributed by atoms with E-state index in [-0.39, 0.29) is 23.7 Å². The van der Waals surface area contributed by atoms with Gasteiger partial charge >= 0.3 is 5.97 Å². The summed E-state index contributed by atoms with van der Waals surface area (Å²) >= 11 is 7.31. The first-order valence-corrected chi connectivity index (χ1v) is 13.2. The number of aromatic nitrogens is 2. The third kappa shape index (κ3) is 6.27. The Kier molecular flexibility index (Phi) is 8.43. The maximum atomic E-state index is 11.7. The van der Waals surface area contributed by atoms with E-state index in [4.69, 9.17) is 26.6 Å². The Morgan fingerprint density at radius 2 is 2.00 bits per heavy atom. The Morgan fingerprint density at radius 1 is 1.27 bits per heavy atom. The summed E-state index contributed by atoms with van der Waals surface area (Å²) in [4.78, 5) is 15.0. The number of phenols is 1.